The molecule has 0 aliphatic carbocycles. The van der Waals surface area contributed by atoms with E-state index in [2.05, 4.69) is 35.5 Å². The molecule has 36 heavy (non-hydrogen) atoms. The number of nitrogens with zero attached hydrogens (tertiary/aromatic N) is 4. The number of nitrogens with one attached hydrogen (secondary N) is 2. The van der Waals surface area contributed by atoms with Crippen molar-refractivity contribution in [2.45, 2.75) is 25.6 Å². The zero-order valence-electron chi connectivity index (χ0n) is 19.9. The van der Waals surface area contributed by atoms with E-state index >= 15 is 0 Å². The van der Waals surface area contributed by atoms with Crippen molar-refractivity contribution in [2.24, 2.45) is 0 Å². The van der Waals surface area contributed by atoms with Gasteiger partial charge in [0, 0.05) is 30.0 Å². The van der Waals surface area contributed by atoms with Crippen LogP contribution in [0.1, 0.15) is 34.7 Å². The minimum atomic E-state index is -3.39. The lowest BCUT2D eigenvalue weighted by molar-refractivity contribution is 0.532. The van der Waals surface area contributed by atoms with E-state index in [-0.39, 0.29) is 12.1 Å². The molecule has 1 fully saturated rings. The van der Waals surface area contributed by atoms with E-state index in [1.54, 1.807) is 18.5 Å². The highest BCUT2D eigenvalue weighted by molar-refractivity contribution is 7.92. The Hall–Kier alpha value is -3.76. The lowest BCUT2D eigenvalue weighted by Crippen LogP contribution is -2.30. The molecule has 0 amide bonds. The molecule has 4 heterocycles. The van der Waals surface area contributed by atoms with Crippen molar-refractivity contribution in [3.8, 4) is 0 Å². The molecular weight excluding hydrogens is 492 g/mol. The molecule has 0 radical (unpaired) electrons. The fourth-order valence-electron chi connectivity index (χ4n) is 4.55. The summed E-state index contributed by atoms with van der Waals surface area (Å²) in [5.41, 5.74) is 5.08. The lowest BCUT2D eigenvalue weighted by atomic mass is 10.0. The van der Waals surface area contributed by atoms with Gasteiger partial charge in [0.05, 0.1) is 35.9 Å². The highest BCUT2D eigenvalue weighted by Gasteiger charge is 2.42. The maximum absolute atomic E-state index is 11.8. The smallest absolute Gasteiger partial charge is 0.229 e. The van der Waals surface area contributed by atoms with Crippen molar-refractivity contribution in [1.82, 2.24) is 19.9 Å². The number of sulfonamides is 1. The molecule has 5 rings (SSSR count). The van der Waals surface area contributed by atoms with Crippen LogP contribution in [0, 0.1) is 6.92 Å². The summed E-state index contributed by atoms with van der Waals surface area (Å²) in [5.74, 6) is 0. The maximum Gasteiger partial charge on any atom is 0.229 e. The first kappa shape index (κ1) is 24.0. The summed E-state index contributed by atoms with van der Waals surface area (Å²) >= 11 is 5.84. The van der Waals surface area contributed by atoms with Gasteiger partial charge >= 0.3 is 0 Å². The van der Waals surface area contributed by atoms with Gasteiger partial charge in [-0.3, -0.25) is 14.7 Å². The fraction of sp³-hybridized carbons (Fsp3) is 0.192. The quantitative estimate of drug-likeness (QED) is 0.355. The Labute approximate surface area is 216 Å². The predicted octanol–water partition coefficient (Wildman–Crippen LogP) is 4.18. The number of rotatable bonds is 7. The first-order valence-electron chi connectivity index (χ1n) is 11.4. The standard InChI is InChI=1S/C26H26N6O2S2/c1-18-16-20(11-12-21(18)30-36(2,33)34)32-25(24(29-26(32)35)22-9-4-6-14-28-22)23-10-7-15-31(23)17-19-8-3-5-13-27-19/h3-16,24-25,30H,17H2,1-2H3,(H,29,35). The van der Waals surface area contributed by atoms with E-state index in [0.717, 1.165) is 34.6 Å². The molecule has 0 bridgehead atoms. The minimum Gasteiger partial charge on any atom is -0.351 e. The van der Waals surface area contributed by atoms with Gasteiger partial charge in [-0.2, -0.15) is 0 Å². The summed E-state index contributed by atoms with van der Waals surface area (Å²) in [6, 6.07) is 21.1. The number of hydrogen-bond donors (Lipinski definition) is 2. The number of aromatic nitrogens is 3. The second kappa shape index (κ2) is 9.71. The molecule has 10 heteroatoms. The van der Waals surface area contributed by atoms with Crippen LogP contribution in [0.15, 0.2) is 85.3 Å². The number of aryl methyl sites for hydroxylation is 1. The van der Waals surface area contributed by atoms with Gasteiger partial charge in [0.15, 0.2) is 5.11 Å². The Morgan fingerprint density at radius 3 is 2.47 bits per heavy atom. The lowest BCUT2D eigenvalue weighted by Gasteiger charge is -2.29. The summed E-state index contributed by atoms with van der Waals surface area (Å²) in [5, 5.41) is 4.05. The molecule has 2 unspecified atom stereocenters. The summed E-state index contributed by atoms with van der Waals surface area (Å²) in [4.78, 5) is 11.2. The van der Waals surface area contributed by atoms with Crippen LogP contribution < -0.4 is 14.9 Å². The number of thiocarbonyl (C=S) groups is 1. The number of hydrogen-bond acceptors (Lipinski definition) is 5. The second-order valence-corrected chi connectivity index (χ2v) is 10.9. The van der Waals surface area contributed by atoms with Crippen LogP contribution >= 0.6 is 12.2 Å². The average molecular weight is 519 g/mol. The van der Waals surface area contributed by atoms with E-state index in [0.29, 0.717) is 17.3 Å². The molecule has 1 aromatic carbocycles. The number of anilines is 2. The van der Waals surface area contributed by atoms with Crippen LogP contribution in [0.4, 0.5) is 11.4 Å². The van der Waals surface area contributed by atoms with E-state index in [4.69, 9.17) is 12.2 Å². The number of benzene rings is 1. The third kappa shape index (κ3) is 4.95. The van der Waals surface area contributed by atoms with Crippen LogP contribution in [0.25, 0.3) is 0 Å². The summed E-state index contributed by atoms with van der Waals surface area (Å²) in [6.07, 6.45) is 6.76. The highest BCUT2D eigenvalue weighted by atomic mass is 32.2. The topological polar surface area (TPSA) is 92.2 Å². The van der Waals surface area contributed by atoms with Gasteiger partial charge in [0.25, 0.3) is 0 Å². The van der Waals surface area contributed by atoms with Gasteiger partial charge in [0.1, 0.15) is 6.04 Å². The van der Waals surface area contributed by atoms with Crippen molar-refractivity contribution in [3.05, 3.63) is 108 Å². The summed E-state index contributed by atoms with van der Waals surface area (Å²) in [7, 11) is -3.39. The zero-order valence-corrected chi connectivity index (χ0v) is 21.5. The van der Waals surface area contributed by atoms with Gasteiger partial charge in [-0.25, -0.2) is 8.42 Å². The zero-order chi connectivity index (χ0) is 25.3. The third-order valence-electron chi connectivity index (χ3n) is 6.11. The summed E-state index contributed by atoms with van der Waals surface area (Å²) < 4.78 is 28.3. The molecule has 184 valence electrons. The average Bonchev–Trinajstić information content (AvgIpc) is 3.44. The molecule has 2 N–H and O–H groups in total. The minimum absolute atomic E-state index is 0.190. The molecular formula is C26H26N6O2S2. The highest BCUT2D eigenvalue weighted by Crippen LogP contribution is 2.42. The largest absolute Gasteiger partial charge is 0.351 e. The van der Waals surface area contributed by atoms with Gasteiger partial charge < -0.3 is 14.8 Å². The van der Waals surface area contributed by atoms with Crippen LogP contribution in [0.2, 0.25) is 0 Å². The molecule has 4 aromatic rings. The molecule has 1 aliphatic heterocycles. The van der Waals surface area contributed by atoms with E-state index < -0.39 is 10.0 Å². The van der Waals surface area contributed by atoms with Crippen molar-refractivity contribution < 1.29 is 8.42 Å². The van der Waals surface area contributed by atoms with Crippen LogP contribution in [0.5, 0.6) is 0 Å². The monoisotopic (exact) mass is 518 g/mol. The third-order valence-corrected chi connectivity index (χ3v) is 7.01. The van der Waals surface area contributed by atoms with Crippen molar-refractivity contribution in [3.63, 3.8) is 0 Å². The Morgan fingerprint density at radius 1 is 1.03 bits per heavy atom. The Bertz CT molecular complexity index is 1490. The predicted molar refractivity (Wildman–Crippen MR) is 145 cm³/mol. The molecule has 3 aromatic heterocycles. The van der Waals surface area contributed by atoms with Crippen LogP contribution in [-0.2, 0) is 16.6 Å². The normalized spacial score (nSPS) is 17.7. The van der Waals surface area contributed by atoms with Crippen molar-refractivity contribution in [1.29, 1.82) is 0 Å². The Morgan fingerprint density at radius 2 is 1.81 bits per heavy atom. The van der Waals surface area contributed by atoms with Gasteiger partial charge in [-0.15, -0.1) is 0 Å². The molecule has 0 spiro atoms. The van der Waals surface area contributed by atoms with E-state index in [1.165, 1.54) is 0 Å². The van der Waals surface area contributed by atoms with Crippen molar-refractivity contribution in [2.75, 3.05) is 15.9 Å². The maximum atomic E-state index is 11.8. The molecule has 8 nitrogen and oxygen atoms in total. The molecule has 0 saturated carbocycles. The Balaban J connectivity index is 1.58. The van der Waals surface area contributed by atoms with Gasteiger partial charge in [-0.05, 0) is 79.3 Å². The van der Waals surface area contributed by atoms with E-state index in [1.807, 2.05) is 67.7 Å². The van der Waals surface area contributed by atoms with Gasteiger partial charge in [-0.1, -0.05) is 12.1 Å². The summed E-state index contributed by atoms with van der Waals surface area (Å²) in [6.45, 7) is 2.49. The number of pyridine rings is 2. The molecule has 1 aliphatic rings. The SMILES string of the molecule is Cc1cc(N2C(=S)NC(c3ccccn3)C2c2cccn2Cc2ccccn2)ccc1NS(C)(=O)=O. The fourth-order valence-corrected chi connectivity index (χ4v) is 5.53. The van der Waals surface area contributed by atoms with Crippen LogP contribution in [0.3, 0.4) is 0 Å². The molecule has 1 saturated heterocycles. The van der Waals surface area contributed by atoms with Crippen molar-refractivity contribution >= 4 is 38.7 Å². The van der Waals surface area contributed by atoms with Gasteiger partial charge in [0.2, 0.25) is 10.0 Å². The molecule has 2 atom stereocenters. The first-order chi connectivity index (χ1) is 17.3. The second-order valence-electron chi connectivity index (χ2n) is 8.75. The Kier molecular flexibility index (Phi) is 6.46. The first-order valence-corrected chi connectivity index (χ1v) is 13.7. The van der Waals surface area contributed by atoms with E-state index in [9.17, 15) is 8.42 Å². The van der Waals surface area contributed by atoms with Crippen LogP contribution in [-0.4, -0.2) is 34.3 Å².